The van der Waals surface area contributed by atoms with Gasteiger partial charge in [-0.25, -0.2) is 0 Å². The number of rotatable bonds is 4. The summed E-state index contributed by atoms with van der Waals surface area (Å²) < 4.78 is 41.9. The standard InChI is InChI=1S/C17H16F3N3O3/c1-22-14(10-23-8-2-3-13(23)16(22)25)15(24)21-9-11-4-6-12(7-5-11)26-17(18,19)20/h2-8,14H,9-10H2,1H3,(H,21,24). The van der Waals surface area contributed by atoms with Crippen LogP contribution in [0.2, 0.25) is 0 Å². The molecular formula is C17H16F3N3O3. The largest absolute Gasteiger partial charge is 0.573 e. The fourth-order valence-electron chi connectivity index (χ4n) is 2.77. The van der Waals surface area contributed by atoms with Crippen LogP contribution in [0.5, 0.6) is 5.75 Å². The van der Waals surface area contributed by atoms with E-state index in [1.807, 2.05) is 0 Å². The van der Waals surface area contributed by atoms with Gasteiger partial charge >= 0.3 is 6.36 Å². The van der Waals surface area contributed by atoms with Gasteiger partial charge in [0, 0.05) is 19.8 Å². The lowest BCUT2D eigenvalue weighted by molar-refractivity contribution is -0.274. The van der Waals surface area contributed by atoms with Crippen LogP contribution in [-0.4, -0.2) is 40.7 Å². The monoisotopic (exact) mass is 367 g/mol. The number of likely N-dealkylation sites (N-methyl/N-ethyl adjacent to an activating group) is 1. The molecule has 1 aromatic heterocycles. The molecule has 9 heteroatoms. The molecule has 1 unspecified atom stereocenters. The van der Waals surface area contributed by atoms with Gasteiger partial charge in [0.1, 0.15) is 17.5 Å². The van der Waals surface area contributed by atoms with Crippen LogP contribution in [0, 0.1) is 0 Å². The number of hydrogen-bond donors (Lipinski definition) is 1. The first-order valence-electron chi connectivity index (χ1n) is 7.79. The van der Waals surface area contributed by atoms with Gasteiger partial charge in [-0.3, -0.25) is 9.59 Å². The summed E-state index contributed by atoms with van der Waals surface area (Å²) in [5, 5.41) is 2.70. The van der Waals surface area contributed by atoms with E-state index in [0.717, 1.165) is 0 Å². The number of aromatic nitrogens is 1. The zero-order chi connectivity index (χ0) is 18.9. The molecule has 26 heavy (non-hydrogen) atoms. The summed E-state index contributed by atoms with van der Waals surface area (Å²) in [5.41, 5.74) is 1.14. The third kappa shape index (κ3) is 3.81. The molecule has 138 valence electrons. The second kappa shape index (κ2) is 6.74. The Balaban J connectivity index is 1.60. The van der Waals surface area contributed by atoms with Crippen LogP contribution >= 0.6 is 0 Å². The van der Waals surface area contributed by atoms with Gasteiger partial charge in [-0.05, 0) is 29.8 Å². The van der Waals surface area contributed by atoms with Gasteiger partial charge in [-0.15, -0.1) is 13.2 Å². The Morgan fingerprint density at radius 2 is 1.96 bits per heavy atom. The van der Waals surface area contributed by atoms with E-state index in [-0.39, 0.29) is 24.1 Å². The molecule has 2 heterocycles. The van der Waals surface area contributed by atoms with Crippen molar-refractivity contribution in [2.45, 2.75) is 25.5 Å². The van der Waals surface area contributed by atoms with Crippen molar-refractivity contribution in [2.75, 3.05) is 7.05 Å². The first-order chi connectivity index (χ1) is 12.2. The van der Waals surface area contributed by atoms with E-state index in [1.165, 1.54) is 29.2 Å². The van der Waals surface area contributed by atoms with Gasteiger partial charge in [0.25, 0.3) is 5.91 Å². The van der Waals surface area contributed by atoms with Crippen LogP contribution in [0.25, 0.3) is 0 Å². The fourth-order valence-corrected chi connectivity index (χ4v) is 2.77. The number of ether oxygens (including phenoxy) is 1. The SMILES string of the molecule is CN1C(=O)c2cccn2CC1C(=O)NCc1ccc(OC(F)(F)F)cc1. The number of nitrogens with zero attached hydrogens (tertiary/aromatic N) is 2. The summed E-state index contributed by atoms with van der Waals surface area (Å²) >= 11 is 0. The van der Waals surface area contributed by atoms with E-state index in [2.05, 4.69) is 10.1 Å². The van der Waals surface area contributed by atoms with E-state index in [1.54, 1.807) is 29.9 Å². The average Bonchev–Trinajstić information content (AvgIpc) is 3.04. The summed E-state index contributed by atoms with van der Waals surface area (Å²) in [5.74, 6) is -0.906. The van der Waals surface area contributed by atoms with Gasteiger partial charge < -0.3 is 19.5 Å². The quantitative estimate of drug-likeness (QED) is 0.901. The fraction of sp³-hybridized carbons (Fsp3) is 0.294. The minimum absolute atomic E-state index is 0.127. The van der Waals surface area contributed by atoms with Crippen molar-refractivity contribution in [3.63, 3.8) is 0 Å². The minimum Gasteiger partial charge on any atom is -0.406 e. The third-order valence-corrected chi connectivity index (χ3v) is 4.13. The smallest absolute Gasteiger partial charge is 0.406 e. The van der Waals surface area contributed by atoms with Crippen LogP contribution in [-0.2, 0) is 17.9 Å². The molecule has 0 bridgehead atoms. The molecule has 0 saturated heterocycles. The van der Waals surface area contributed by atoms with Crippen LogP contribution in [0.1, 0.15) is 16.1 Å². The van der Waals surface area contributed by atoms with Crippen LogP contribution < -0.4 is 10.1 Å². The van der Waals surface area contributed by atoms with E-state index in [4.69, 9.17) is 0 Å². The maximum Gasteiger partial charge on any atom is 0.573 e. The number of nitrogens with one attached hydrogen (secondary N) is 1. The predicted octanol–water partition coefficient (Wildman–Crippen LogP) is 2.16. The number of carbonyl (C=O) groups is 2. The minimum atomic E-state index is -4.74. The maximum absolute atomic E-state index is 12.4. The first kappa shape index (κ1) is 17.8. The number of carbonyl (C=O) groups excluding carboxylic acids is 2. The molecule has 1 aliphatic heterocycles. The summed E-state index contributed by atoms with van der Waals surface area (Å²) in [6.07, 6.45) is -3.01. The lowest BCUT2D eigenvalue weighted by atomic mass is 10.1. The summed E-state index contributed by atoms with van der Waals surface area (Å²) in [6.45, 7) is 0.469. The molecule has 1 aliphatic rings. The maximum atomic E-state index is 12.4. The van der Waals surface area contributed by atoms with Crippen LogP contribution in [0.3, 0.4) is 0 Å². The highest BCUT2D eigenvalue weighted by atomic mass is 19.4. The highest BCUT2D eigenvalue weighted by molar-refractivity contribution is 5.97. The van der Waals surface area contributed by atoms with Crippen molar-refractivity contribution in [1.82, 2.24) is 14.8 Å². The van der Waals surface area contributed by atoms with Crippen molar-refractivity contribution in [1.29, 1.82) is 0 Å². The Kier molecular flexibility index (Phi) is 4.62. The van der Waals surface area contributed by atoms with Crippen molar-refractivity contribution < 1.29 is 27.5 Å². The zero-order valence-corrected chi connectivity index (χ0v) is 13.8. The topological polar surface area (TPSA) is 63.6 Å². The normalized spacial score (nSPS) is 17.0. The zero-order valence-electron chi connectivity index (χ0n) is 13.8. The second-order valence-corrected chi connectivity index (χ2v) is 5.89. The number of halogens is 3. The Bertz CT molecular complexity index is 815. The molecule has 0 aliphatic carbocycles. The summed E-state index contributed by atoms with van der Waals surface area (Å²) in [6, 6.07) is 8.00. The van der Waals surface area contributed by atoms with E-state index < -0.39 is 12.4 Å². The average molecular weight is 367 g/mol. The molecule has 2 aromatic rings. The lowest BCUT2D eigenvalue weighted by Gasteiger charge is -2.32. The number of hydrogen-bond acceptors (Lipinski definition) is 3. The van der Waals surface area contributed by atoms with Crippen LogP contribution in [0.15, 0.2) is 42.6 Å². The highest BCUT2D eigenvalue weighted by Crippen LogP contribution is 2.23. The molecule has 1 atom stereocenters. The molecule has 6 nitrogen and oxygen atoms in total. The van der Waals surface area contributed by atoms with Gasteiger partial charge in [-0.2, -0.15) is 0 Å². The Morgan fingerprint density at radius 3 is 2.62 bits per heavy atom. The third-order valence-electron chi connectivity index (χ3n) is 4.13. The van der Waals surface area contributed by atoms with Crippen molar-refractivity contribution >= 4 is 11.8 Å². The van der Waals surface area contributed by atoms with Crippen LogP contribution in [0.4, 0.5) is 13.2 Å². The molecule has 0 radical (unpaired) electrons. The van der Waals surface area contributed by atoms with E-state index >= 15 is 0 Å². The van der Waals surface area contributed by atoms with Gasteiger partial charge in [0.15, 0.2) is 0 Å². The molecule has 0 fully saturated rings. The number of alkyl halides is 3. The van der Waals surface area contributed by atoms with E-state index in [0.29, 0.717) is 17.8 Å². The van der Waals surface area contributed by atoms with Crippen molar-refractivity contribution in [3.05, 3.63) is 53.9 Å². The van der Waals surface area contributed by atoms with Gasteiger partial charge in [0.05, 0.1) is 6.54 Å². The lowest BCUT2D eigenvalue weighted by Crippen LogP contribution is -2.53. The molecule has 1 N–H and O–H groups in total. The molecule has 0 spiro atoms. The van der Waals surface area contributed by atoms with Crippen molar-refractivity contribution in [2.24, 2.45) is 0 Å². The summed E-state index contributed by atoms with van der Waals surface area (Å²) in [7, 11) is 1.56. The van der Waals surface area contributed by atoms with E-state index in [9.17, 15) is 22.8 Å². The molecular weight excluding hydrogens is 351 g/mol. The highest BCUT2D eigenvalue weighted by Gasteiger charge is 2.34. The Hall–Kier alpha value is -2.97. The second-order valence-electron chi connectivity index (χ2n) is 5.89. The Labute approximate surface area is 147 Å². The van der Waals surface area contributed by atoms with Crippen molar-refractivity contribution in [3.8, 4) is 5.75 Å². The number of fused-ring (bicyclic) bond motifs is 1. The Morgan fingerprint density at radius 1 is 1.27 bits per heavy atom. The predicted molar refractivity (Wildman–Crippen MR) is 85.3 cm³/mol. The molecule has 1 aromatic carbocycles. The summed E-state index contributed by atoms with van der Waals surface area (Å²) in [4.78, 5) is 26.0. The first-order valence-corrected chi connectivity index (χ1v) is 7.79. The molecule has 3 rings (SSSR count). The molecule has 2 amide bonds. The van der Waals surface area contributed by atoms with Gasteiger partial charge in [0.2, 0.25) is 5.91 Å². The molecule has 0 saturated carbocycles. The number of benzene rings is 1. The van der Waals surface area contributed by atoms with Gasteiger partial charge in [-0.1, -0.05) is 12.1 Å². The number of amides is 2.